The molecule has 5 rings (SSSR count). The van der Waals surface area contributed by atoms with Gasteiger partial charge in [0, 0.05) is 17.7 Å². The Balaban J connectivity index is 1.34. The Bertz CT molecular complexity index is 1000. The second-order valence-electron chi connectivity index (χ2n) is 8.35. The number of nitrogens with one attached hydrogen (secondary N) is 2. The summed E-state index contributed by atoms with van der Waals surface area (Å²) in [5, 5.41) is 20.4. The van der Waals surface area contributed by atoms with Crippen LogP contribution in [0, 0.1) is 12.7 Å². The van der Waals surface area contributed by atoms with Crippen LogP contribution in [0.4, 0.5) is 4.39 Å². The van der Waals surface area contributed by atoms with Gasteiger partial charge in [0.25, 0.3) is 11.8 Å². The molecular weight excluding hydrogens is 429 g/mol. The van der Waals surface area contributed by atoms with Crippen LogP contribution in [0.1, 0.15) is 48.4 Å². The quantitative estimate of drug-likeness (QED) is 0.622. The predicted octanol–water partition coefficient (Wildman–Crippen LogP) is 2.52. The summed E-state index contributed by atoms with van der Waals surface area (Å²) in [4.78, 5) is 25.0. The van der Waals surface area contributed by atoms with Gasteiger partial charge in [-0.25, -0.2) is 4.39 Å². The molecule has 1 atom stereocenters. The number of carbonyl (C=O) groups is 2. The topological polar surface area (TPSA) is 114 Å². The number of hydrogen-bond acceptors (Lipinski definition) is 6. The molecule has 31 heavy (non-hydrogen) atoms. The van der Waals surface area contributed by atoms with Gasteiger partial charge in [-0.3, -0.25) is 9.59 Å². The Kier molecular flexibility index (Phi) is 5.65. The number of rotatable bonds is 6. The van der Waals surface area contributed by atoms with Crippen molar-refractivity contribution in [3.8, 4) is 5.75 Å². The number of aryl methyl sites for hydroxylation is 1. The van der Waals surface area contributed by atoms with Gasteiger partial charge in [0.05, 0.1) is 16.7 Å². The van der Waals surface area contributed by atoms with E-state index < -0.39 is 28.9 Å². The monoisotopic (exact) mass is 451 g/mol. The molecule has 2 amide bonds. The van der Waals surface area contributed by atoms with Gasteiger partial charge in [-0.05, 0) is 51.2 Å². The molecule has 3 aliphatic carbocycles. The number of halogens is 2. The highest BCUT2D eigenvalue weighted by Gasteiger charge is 2.55. The summed E-state index contributed by atoms with van der Waals surface area (Å²) in [6, 6.07) is 5.49. The molecule has 3 aliphatic rings. The summed E-state index contributed by atoms with van der Waals surface area (Å²) < 4.78 is 23.8. The Labute approximate surface area is 183 Å². The average Bonchev–Trinajstić information content (AvgIpc) is 3.17. The second kappa shape index (κ2) is 8.12. The first kappa shape index (κ1) is 21.6. The zero-order valence-electron chi connectivity index (χ0n) is 16.9. The molecule has 8 nitrogen and oxygen atoms in total. The van der Waals surface area contributed by atoms with E-state index in [1.54, 1.807) is 13.0 Å². The van der Waals surface area contributed by atoms with Gasteiger partial charge in [0.1, 0.15) is 17.3 Å². The fourth-order valence-corrected chi connectivity index (χ4v) is 4.59. The van der Waals surface area contributed by atoms with Crippen molar-refractivity contribution in [2.24, 2.45) is 0 Å². The van der Waals surface area contributed by atoms with E-state index in [0.717, 1.165) is 6.07 Å². The summed E-state index contributed by atoms with van der Waals surface area (Å²) in [7, 11) is 0. The predicted molar refractivity (Wildman–Crippen MR) is 108 cm³/mol. The molecule has 1 aromatic carbocycles. The van der Waals surface area contributed by atoms with E-state index in [4.69, 9.17) is 20.9 Å². The third-order valence-corrected chi connectivity index (χ3v) is 6.52. The lowest BCUT2D eigenvalue weighted by Crippen LogP contribution is -2.70. The highest BCUT2D eigenvalue weighted by Crippen LogP contribution is 2.47. The summed E-state index contributed by atoms with van der Waals surface area (Å²) in [6.07, 6.45) is 1.72. The van der Waals surface area contributed by atoms with Gasteiger partial charge in [-0.2, -0.15) is 0 Å². The fourth-order valence-electron chi connectivity index (χ4n) is 4.47. The summed E-state index contributed by atoms with van der Waals surface area (Å²) in [5.74, 6) is -0.656. The first-order chi connectivity index (χ1) is 14.7. The zero-order chi connectivity index (χ0) is 22.2. The number of carbonyl (C=O) groups excluding carboxylic acids is 2. The molecule has 1 heterocycles. The van der Waals surface area contributed by atoms with Crippen molar-refractivity contribution in [1.82, 2.24) is 15.8 Å². The molecule has 2 aromatic rings. The van der Waals surface area contributed by atoms with E-state index in [1.165, 1.54) is 12.1 Å². The molecule has 0 radical (unpaired) electrons. The van der Waals surface area contributed by atoms with Crippen molar-refractivity contribution in [3.05, 3.63) is 46.6 Å². The highest BCUT2D eigenvalue weighted by atomic mass is 35.5. The van der Waals surface area contributed by atoms with Gasteiger partial charge in [-0.15, -0.1) is 0 Å². The standard InChI is InChI=1S/C21H23ClFN3O5/c1-12-8-16(26-31-12)19(29)25-20-4-6-21(7-5-20,17(27)10-20)24-18(28)11-30-13-2-3-14(22)15(23)9-13/h2-3,8-9,17,27H,4-7,10-11H2,1H3,(H,24,28)(H,25,29). The zero-order valence-corrected chi connectivity index (χ0v) is 17.7. The number of fused-ring (bicyclic) bond motifs is 3. The molecule has 3 N–H and O–H groups in total. The van der Waals surface area contributed by atoms with Crippen LogP contribution >= 0.6 is 11.6 Å². The lowest BCUT2D eigenvalue weighted by atomic mass is 9.60. The van der Waals surface area contributed by atoms with Crippen LogP contribution in [0.2, 0.25) is 5.02 Å². The number of hydrogen-bond donors (Lipinski definition) is 3. The number of aliphatic hydroxyl groups excluding tert-OH is 1. The minimum atomic E-state index is -0.828. The van der Waals surface area contributed by atoms with Gasteiger partial charge in [0.2, 0.25) is 0 Å². The van der Waals surface area contributed by atoms with Crippen LogP contribution in [0.15, 0.2) is 28.8 Å². The molecule has 166 valence electrons. The van der Waals surface area contributed by atoms with E-state index in [1.807, 2.05) is 0 Å². The normalized spacial score (nSPS) is 27.0. The van der Waals surface area contributed by atoms with E-state index in [2.05, 4.69) is 15.8 Å². The minimum Gasteiger partial charge on any atom is -0.484 e. The second-order valence-corrected chi connectivity index (χ2v) is 8.75. The van der Waals surface area contributed by atoms with Crippen LogP contribution in [0.3, 0.4) is 0 Å². The molecule has 0 saturated heterocycles. The van der Waals surface area contributed by atoms with Gasteiger partial charge in [0.15, 0.2) is 12.3 Å². The summed E-state index contributed by atoms with van der Waals surface area (Å²) in [6.45, 7) is 1.39. The minimum absolute atomic E-state index is 0.0301. The van der Waals surface area contributed by atoms with Crippen LogP contribution in [-0.2, 0) is 4.79 Å². The Hall–Kier alpha value is -2.65. The number of aromatic nitrogens is 1. The van der Waals surface area contributed by atoms with E-state index in [-0.39, 0.29) is 29.0 Å². The van der Waals surface area contributed by atoms with Gasteiger partial charge in [-0.1, -0.05) is 16.8 Å². The average molecular weight is 452 g/mol. The van der Waals surface area contributed by atoms with Crippen molar-refractivity contribution in [1.29, 1.82) is 0 Å². The number of amides is 2. The van der Waals surface area contributed by atoms with Crippen LogP contribution in [-0.4, -0.2) is 45.9 Å². The molecular formula is C21H23ClFN3O5. The van der Waals surface area contributed by atoms with Crippen LogP contribution < -0.4 is 15.4 Å². The van der Waals surface area contributed by atoms with Crippen molar-refractivity contribution in [2.75, 3.05) is 6.61 Å². The van der Waals surface area contributed by atoms with Crippen molar-refractivity contribution in [2.45, 2.75) is 56.2 Å². The third kappa shape index (κ3) is 4.38. The highest BCUT2D eigenvalue weighted by molar-refractivity contribution is 6.30. The van der Waals surface area contributed by atoms with Crippen LogP contribution in [0.25, 0.3) is 0 Å². The molecule has 1 aromatic heterocycles. The molecule has 10 heteroatoms. The third-order valence-electron chi connectivity index (χ3n) is 6.21. The molecule has 2 bridgehead atoms. The van der Waals surface area contributed by atoms with Gasteiger partial charge >= 0.3 is 0 Å². The molecule has 0 aliphatic heterocycles. The van der Waals surface area contributed by atoms with E-state index in [0.29, 0.717) is 37.9 Å². The molecule has 1 unspecified atom stereocenters. The maximum Gasteiger partial charge on any atom is 0.273 e. The number of aliphatic hydroxyl groups is 1. The maximum atomic E-state index is 13.5. The first-order valence-corrected chi connectivity index (χ1v) is 10.4. The number of ether oxygens (including phenoxy) is 1. The fraction of sp³-hybridized carbons (Fsp3) is 0.476. The lowest BCUT2D eigenvalue weighted by Gasteiger charge is -2.56. The number of nitrogens with zero attached hydrogens (tertiary/aromatic N) is 1. The first-order valence-electron chi connectivity index (χ1n) is 10.0. The smallest absolute Gasteiger partial charge is 0.273 e. The summed E-state index contributed by atoms with van der Waals surface area (Å²) in [5.41, 5.74) is -1.12. The van der Waals surface area contributed by atoms with Crippen molar-refractivity contribution >= 4 is 23.4 Å². The van der Waals surface area contributed by atoms with E-state index in [9.17, 15) is 19.1 Å². The van der Waals surface area contributed by atoms with Crippen LogP contribution in [0.5, 0.6) is 5.75 Å². The largest absolute Gasteiger partial charge is 0.484 e. The van der Waals surface area contributed by atoms with Crippen molar-refractivity contribution in [3.63, 3.8) is 0 Å². The van der Waals surface area contributed by atoms with E-state index >= 15 is 0 Å². The maximum absolute atomic E-state index is 13.5. The Morgan fingerprint density at radius 3 is 2.65 bits per heavy atom. The lowest BCUT2D eigenvalue weighted by molar-refractivity contribution is -0.132. The number of benzene rings is 1. The van der Waals surface area contributed by atoms with Gasteiger partial charge < -0.3 is 25.0 Å². The Morgan fingerprint density at radius 1 is 1.29 bits per heavy atom. The summed E-state index contributed by atoms with van der Waals surface area (Å²) >= 11 is 5.64. The van der Waals surface area contributed by atoms with Crippen molar-refractivity contribution < 1.29 is 28.3 Å². The molecule has 3 fully saturated rings. The SMILES string of the molecule is Cc1cc(C(=O)NC23CCC(NC(=O)COc4ccc(Cl)c(F)c4)(CC2)C(O)C3)no1. The molecule has 3 saturated carbocycles. The molecule has 0 spiro atoms. The Morgan fingerprint density at radius 2 is 2.03 bits per heavy atom.